The molecule has 8 heteroatoms. The third kappa shape index (κ3) is 4.65. The summed E-state index contributed by atoms with van der Waals surface area (Å²) in [6.07, 6.45) is 0.761. The summed E-state index contributed by atoms with van der Waals surface area (Å²) >= 11 is 6.11. The predicted molar refractivity (Wildman–Crippen MR) is 104 cm³/mol. The van der Waals surface area contributed by atoms with Gasteiger partial charge in [-0.2, -0.15) is 0 Å². The van der Waals surface area contributed by atoms with Gasteiger partial charge in [-0.05, 0) is 38.6 Å². The van der Waals surface area contributed by atoms with Gasteiger partial charge in [0.05, 0.1) is 0 Å². The summed E-state index contributed by atoms with van der Waals surface area (Å²) in [7, 11) is 1.61. The normalized spacial score (nSPS) is 17.6. The molecular formula is C18H28ClN5O2. The van der Waals surface area contributed by atoms with E-state index in [4.69, 9.17) is 11.6 Å². The van der Waals surface area contributed by atoms with Crippen LogP contribution in [0.15, 0.2) is 12.1 Å². The molecule has 0 radical (unpaired) electrons. The Bertz CT molecular complexity index is 650. The highest BCUT2D eigenvalue weighted by atomic mass is 35.5. The molecule has 0 aliphatic carbocycles. The van der Waals surface area contributed by atoms with Crippen LogP contribution < -0.4 is 15.5 Å². The number of pyridine rings is 1. The number of aromatic nitrogens is 1. The minimum atomic E-state index is -0.260. The zero-order valence-electron chi connectivity index (χ0n) is 15.9. The highest BCUT2D eigenvalue weighted by Crippen LogP contribution is 2.27. The molecule has 1 fully saturated rings. The molecule has 0 saturated carbocycles. The first-order valence-electron chi connectivity index (χ1n) is 9.09. The Balaban J connectivity index is 2.07. The average molecular weight is 382 g/mol. The van der Waals surface area contributed by atoms with Crippen molar-refractivity contribution in [2.45, 2.75) is 39.3 Å². The molecule has 1 aliphatic rings. The average Bonchev–Trinajstić information content (AvgIpc) is 2.59. The van der Waals surface area contributed by atoms with Crippen molar-refractivity contribution in [3.05, 3.63) is 22.8 Å². The monoisotopic (exact) mass is 381 g/mol. The number of carbonyl (C=O) groups excluding carboxylic acids is 2. The maximum Gasteiger partial charge on any atom is 0.251 e. The number of anilines is 1. The number of hydrogen-bond donors (Lipinski definition) is 2. The van der Waals surface area contributed by atoms with E-state index in [1.165, 1.54) is 0 Å². The Morgan fingerprint density at radius 2 is 2.08 bits per heavy atom. The van der Waals surface area contributed by atoms with Crippen molar-refractivity contribution in [3.8, 4) is 0 Å². The zero-order chi connectivity index (χ0) is 19.3. The lowest BCUT2D eigenvalue weighted by molar-refractivity contribution is -0.123. The molecule has 1 aromatic rings. The molecule has 1 aromatic heterocycles. The van der Waals surface area contributed by atoms with E-state index in [1.54, 1.807) is 19.2 Å². The van der Waals surface area contributed by atoms with Crippen LogP contribution in [0.25, 0.3) is 0 Å². The van der Waals surface area contributed by atoms with Crippen LogP contribution in [0.3, 0.4) is 0 Å². The Labute approximate surface area is 160 Å². The summed E-state index contributed by atoms with van der Waals surface area (Å²) in [5.41, 5.74) is 0.453. The Morgan fingerprint density at radius 3 is 2.62 bits per heavy atom. The molecule has 2 N–H and O–H groups in total. The summed E-state index contributed by atoms with van der Waals surface area (Å²) in [6, 6.07) is 3.23. The van der Waals surface area contributed by atoms with E-state index in [0.717, 1.165) is 19.5 Å². The molecule has 7 nitrogen and oxygen atoms in total. The number of nitrogens with zero attached hydrogens (tertiary/aromatic N) is 3. The van der Waals surface area contributed by atoms with E-state index in [0.29, 0.717) is 24.5 Å². The summed E-state index contributed by atoms with van der Waals surface area (Å²) in [5.74, 6) is 0.308. The smallest absolute Gasteiger partial charge is 0.251 e. The highest BCUT2D eigenvalue weighted by molar-refractivity contribution is 6.30. The third-order valence-corrected chi connectivity index (χ3v) is 5.09. The number of rotatable bonds is 8. The van der Waals surface area contributed by atoms with Crippen molar-refractivity contribution in [1.29, 1.82) is 0 Å². The maximum absolute atomic E-state index is 12.5. The van der Waals surface area contributed by atoms with E-state index < -0.39 is 0 Å². The van der Waals surface area contributed by atoms with Crippen LogP contribution in [0.2, 0.25) is 5.15 Å². The van der Waals surface area contributed by atoms with Crippen LogP contribution in [0, 0.1) is 0 Å². The van der Waals surface area contributed by atoms with Crippen molar-refractivity contribution in [2.75, 3.05) is 38.1 Å². The van der Waals surface area contributed by atoms with E-state index in [2.05, 4.69) is 41.3 Å². The van der Waals surface area contributed by atoms with Gasteiger partial charge in [-0.25, -0.2) is 4.98 Å². The lowest BCUT2D eigenvalue weighted by Crippen LogP contribution is -2.56. The number of halogens is 1. The van der Waals surface area contributed by atoms with E-state index in [-0.39, 0.29) is 29.1 Å². The molecule has 2 unspecified atom stereocenters. The quantitative estimate of drug-likeness (QED) is 0.667. The Kier molecular flexibility index (Phi) is 7.23. The topological polar surface area (TPSA) is 77.6 Å². The van der Waals surface area contributed by atoms with Gasteiger partial charge in [0.25, 0.3) is 5.91 Å². The van der Waals surface area contributed by atoms with Gasteiger partial charge in [-0.15, -0.1) is 0 Å². The van der Waals surface area contributed by atoms with Crippen LogP contribution in [0.1, 0.15) is 37.6 Å². The molecule has 2 rings (SSSR count). The minimum absolute atomic E-state index is 0.0583. The number of carbonyl (C=O) groups is 2. The van der Waals surface area contributed by atoms with Crippen LogP contribution in [-0.4, -0.2) is 67.0 Å². The lowest BCUT2D eigenvalue weighted by Gasteiger charge is -2.40. The summed E-state index contributed by atoms with van der Waals surface area (Å²) in [5, 5.41) is 5.85. The molecule has 0 bridgehead atoms. The first-order chi connectivity index (χ1) is 12.4. The Hall–Kier alpha value is -1.86. The van der Waals surface area contributed by atoms with E-state index in [9.17, 15) is 9.59 Å². The molecule has 2 amide bonds. The summed E-state index contributed by atoms with van der Waals surface area (Å²) < 4.78 is 0. The first-order valence-corrected chi connectivity index (χ1v) is 9.47. The van der Waals surface area contributed by atoms with Crippen molar-refractivity contribution in [3.63, 3.8) is 0 Å². The third-order valence-electron chi connectivity index (χ3n) is 4.90. The number of likely N-dealkylation sites (N-methyl/N-ethyl adjacent to an activating group) is 2. The number of amides is 2. The van der Waals surface area contributed by atoms with Gasteiger partial charge in [-0.1, -0.05) is 25.4 Å². The second-order valence-electron chi connectivity index (χ2n) is 6.43. The van der Waals surface area contributed by atoms with Crippen LogP contribution in [0.4, 0.5) is 5.82 Å². The van der Waals surface area contributed by atoms with Gasteiger partial charge in [0.2, 0.25) is 5.91 Å². The molecule has 2 heterocycles. The number of nitrogens with one attached hydrogen (secondary N) is 2. The maximum atomic E-state index is 12.5. The largest absolute Gasteiger partial charge is 0.357 e. The van der Waals surface area contributed by atoms with E-state index in [1.807, 2.05) is 4.90 Å². The fourth-order valence-electron chi connectivity index (χ4n) is 3.18. The Morgan fingerprint density at radius 1 is 1.38 bits per heavy atom. The highest BCUT2D eigenvalue weighted by Gasteiger charge is 2.35. The fraction of sp³-hybridized carbons (Fsp3) is 0.611. The molecule has 0 spiro atoms. The van der Waals surface area contributed by atoms with Crippen molar-refractivity contribution in [1.82, 2.24) is 20.5 Å². The van der Waals surface area contributed by atoms with E-state index >= 15 is 0 Å². The molecule has 1 saturated heterocycles. The van der Waals surface area contributed by atoms with Gasteiger partial charge in [0, 0.05) is 31.7 Å². The molecular weight excluding hydrogens is 354 g/mol. The molecule has 0 aromatic carbocycles. The van der Waals surface area contributed by atoms with Crippen molar-refractivity contribution >= 4 is 29.2 Å². The van der Waals surface area contributed by atoms with Crippen LogP contribution in [0.5, 0.6) is 0 Å². The summed E-state index contributed by atoms with van der Waals surface area (Å²) in [6.45, 7) is 9.45. The lowest BCUT2D eigenvalue weighted by atomic mass is 10.0. The first kappa shape index (κ1) is 20.5. The minimum Gasteiger partial charge on any atom is -0.357 e. The van der Waals surface area contributed by atoms with Crippen LogP contribution in [-0.2, 0) is 4.79 Å². The molecule has 1 aliphatic heterocycles. The molecule has 2 atom stereocenters. The SMILES string of the molecule is CCN(CC)C(C)CNC(=O)c1cc(Cl)nc(N2CCC2C(=O)NC)c1. The molecule has 26 heavy (non-hydrogen) atoms. The van der Waals surface area contributed by atoms with Gasteiger partial charge in [0.1, 0.15) is 17.0 Å². The van der Waals surface area contributed by atoms with Crippen molar-refractivity contribution < 1.29 is 9.59 Å². The standard InChI is InChI=1S/C18H28ClN5O2/c1-5-23(6-2)12(3)11-21-17(25)13-9-15(19)22-16(10-13)24-8-7-14(24)18(26)20-4/h9-10,12,14H,5-8,11H2,1-4H3,(H,20,26)(H,21,25). The predicted octanol–water partition coefficient (Wildman–Crippen LogP) is 1.52. The second kappa shape index (κ2) is 9.19. The van der Waals surface area contributed by atoms with Gasteiger partial charge in [0.15, 0.2) is 0 Å². The molecule has 144 valence electrons. The number of hydrogen-bond acceptors (Lipinski definition) is 5. The van der Waals surface area contributed by atoms with Gasteiger partial charge >= 0.3 is 0 Å². The second-order valence-corrected chi connectivity index (χ2v) is 6.82. The summed E-state index contributed by atoms with van der Waals surface area (Å²) in [4.78, 5) is 32.8. The zero-order valence-corrected chi connectivity index (χ0v) is 16.6. The van der Waals surface area contributed by atoms with Gasteiger partial charge < -0.3 is 15.5 Å². The van der Waals surface area contributed by atoms with Crippen LogP contribution >= 0.6 is 11.6 Å². The van der Waals surface area contributed by atoms with Gasteiger partial charge in [-0.3, -0.25) is 14.5 Å². The van der Waals surface area contributed by atoms with Crippen molar-refractivity contribution in [2.24, 2.45) is 0 Å². The fourth-order valence-corrected chi connectivity index (χ4v) is 3.38.